The molecule has 0 aromatic carbocycles. The Morgan fingerprint density at radius 1 is 0.364 bits per heavy atom. The molecule has 382 valence electrons. The van der Waals surface area contributed by atoms with Crippen LogP contribution in [0.1, 0.15) is 328 Å². The van der Waals surface area contributed by atoms with Crippen molar-refractivity contribution in [2.75, 3.05) is 0 Å². The Balaban J connectivity index is 2.24. The zero-order chi connectivity index (χ0) is 47.4. The van der Waals surface area contributed by atoms with Gasteiger partial charge in [-0.3, -0.25) is 0 Å². The van der Waals surface area contributed by atoms with Crippen molar-refractivity contribution in [1.82, 2.24) is 9.97 Å². The van der Waals surface area contributed by atoms with Gasteiger partial charge in [-0.05, 0) is 0 Å². The van der Waals surface area contributed by atoms with Crippen LogP contribution in [-0.2, 0) is 6.42 Å². The van der Waals surface area contributed by atoms with Crippen LogP contribution in [-0.4, -0.2) is 28.3 Å². The Labute approximate surface area is 419 Å². The minimum atomic E-state index is -2.77. The predicted molar refractivity (Wildman–Crippen MR) is 302 cm³/mol. The van der Waals surface area contributed by atoms with E-state index in [1.54, 1.807) is 14.8 Å². The SMILES string of the molecule is CCCCCCCCCCCCCCCCc1cc(-c2cc(C(CCCCCCCCCCCC)CCCCCCCCCCCC)ccn2)n[c]([Sn]([CH2]CCC)([CH2]CCC)[CH2]CCC)c1. The first-order valence-corrected chi connectivity index (χ1v) is 38.0. The normalized spacial score (nSPS) is 12.0. The first-order valence-electron chi connectivity index (χ1n) is 30.5. The fourth-order valence-corrected chi connectivity index (χ4v) is 26.6. The van der Waals surface area contributed by atoms with Gasteiger partial charge in [-0.25, -0.2) is 0 Å². The second-order valence-corrected chi connectivity index (χ2v) is 34.8. The second kappa shape index (κ2) is 44.1. The monoisotopic (exact) mass is 1020 g/mol. The average Bonchev–Trinajstić information content (AvgIpc) is 3.34. The number of hydrogen-bond donors (Lipinski definition) is 0. The number of aromatic nitrogens is 2. The number of unbranched alkanes of at least 4 members (excludes halogenated alkanes) is 34. The molecule has 2 nitrogen and oxygen atoms in total. The van der Waals surface area contributed by atoms with Crippen LogP contribution in [0.15, 0.2) is 30.5 Å². The summed E-state index contributed by atoms with van der Waals surface area (Å²) in [5.41, 5.74) is 5.48. The van der Waals surface area contributed by atoms with Crippen molar-refractivity contribution in [3.63, 3.8) is 0 Å². The number of nitrogens with zero attached hydrogens (tertiary/aromatic N) is 2. The molecule has 0 aliphatic rings. The molecular weight excluding hydrogens is 903 g/mol. The van der Waals surface area contributed by atoms with E-state index in [4.69, 9.17) is 9.97 Å². The maximum atomic E-state index is 5.84. The molecule has 0 unspecified atom stereocenters. The Hall–Kier alpha value is -0.901. The van der Waals surface area contributed by atoms with Crippen LogP contribution < -0.4 is 3.71 Å². The summed E-state index contributed by atoms with van der Waals surface area (Å²) in [5.74, 6) is 0.643. The van der Waals surface area contributed by atoms with Crippen molar-refractivity contribution in [3.05, 3.63) is 41.6 Å². The van der Waals surface area contributed by atoms with E-state index in [1.807, 2.05) is 0 Å². The average molecular weight is 1020 g/mol. The van der Waals surface area contributed by atoms with Crippen LogP contribution in [0.4, 0.5) is 0 Å². The number of hydrogen-bond acceptors (Lipinski definition) is 2. The number of pyridine rings is 2. The van der Waals surface area contributed by atoms with E-state index < -0.39 is 18.4 Å². The molecule has 0 N–H and O–H groups in total. The van der Waals surface area contributed by atoms with Gasteiger partial charge in [0.15, 0.2) is 0 Å². The van der Waals surface area contributed by atoms with Gasteiger partial charge >= 0.3 is 286 Å². The van der Waals surface area contributed by atoms with E-state index in [1.165, 1.54) is 295 Å². The third-order valence-electron chi connectivity index (χ3n) is 15.6. The van der Waals surface area contributed by atoms with E-state index in [2.05, 4.69) is 72.0 Å². The Morgan fingerprint density at radius 2 is 0.712 bits per heavy atom. The molecule has 0 saturated heterocycles. The molecule has 2 rings (SSSR count). The first kappa shape index (κ1) is 61.2. The van der Waals surface area contributed by atoms with Crippen molar-refractivity contribution in [2.45, 2.75) is 337 Å². The molecule has 0 aliphatic carbocycles. The van der Waals surface area contributed by atoms with Crippen LogP contribution >= 0.6 is 0 Å². The standard InChI is InChI=1S/C51H89N2.3C4H9.Sn/c1-4-7-10-13-16-19-22-23-24-25-26-29-32-35-38-47-41-43-52-50(45-47)51-46-49(42-44-53-51)48(39-36-33-30-27-20-17-14-11-8-5-2)40-37-34-31-28-21-18-15-12-9-6-3;3*1-3-4-2;/h41-42,44-46,48H,4-40H2,1-3H3;3*1,3-4H2,2H3;. The summed E-state index contributed by atoms with van der Waals surface area (Å²) in [5, 5.41) is 0. The molecule has 2 heterocycles. The molecule has 0 bridgehead atoms. The third-order valence-corrected chi connectivity index (χ3v) is 30.7. The van der Waals surface area contributed by atoms with Crippen molar-refractivity contribution in [3.8, 4) is 11.4 Å². The molecule has 0 radical (unpaired) electrons. The summed E-state index contributed by atoms with van der Waals surface area (Å²) >= 11 is -2.77. The predicted octanol–water partition coefficient (Wildman–Crippen LogP) is 21.9. The van der Waals surface area contributed by atoms with Gasteiger partial charge in [0.25, 0.3) is 0 Å². The van der Waals surface area contributed by atoms with Gasteiger partial charge in [0.1, 0.15) is 0 Å². The zero-order valence-electron chi connectivity index (χ0n) is 45.9. The number of aryl methyl sites for hydroxylation is 1. The summed E-state index contributed by atoms with van der Waals surface area (Å²) in [6.07, 6.45) is 62.3. The summed E-state index contributed by atoms with van der Waals surface area (Å²) in [6.45, 7) is 14.2. The van der Waals surface area contributed by atoms with Gasteiger partial charge in [0.2, 0.25) is 0 Å². The summed E-state index contributed by atoms with van der Waals surface area (Å²) in [6, 6.07) is 10.1. The van der Waals surface area contributed by atoms with Crippen LogP contribution in [0.2, 0.25) is 13.3 Å². The Kier molecular flexibility index (Phi) is 40.9. The quantitative estimate of drug-likeness (QED) is 0.0488. The zero-order valence-corrected chi connectivity index (χ0v) is 48.7. The molecule has 3 heteroatoms. The van der Waals surface area contributed by atoms with Crippen LogP contribution in [0, 0.1) is 0 Å². The molecule has 0 atom stereocenters. The van der Waals surface area contributed by atoms with Crippen molar-refractivity contribution < 1.29 is 0 Å². The molecule has 0 amide bonds. The Morgan fingerprint density at radius 3 is 1.09 bits per heavy atom. The van der Waals surface area contributed by atoms with Gasteiger partial charge in [-0.2, -0.15) is 0 Å². The summed E-state index contributed by atoms with van der Waals surface area (Å²) in [4.78, 5) is 11.0. The molecule has 2 aromatic heterocycles. The van der Waals surface area contributed by atoms with Crippen LogP contribution in [0.5, 0.6) is 0 Å². The van der Waals surface area contributed by atoms with E-state index in [0.717, 1.165) is 5.69 Å². The van der Waals surface area contributed by atoms with Gasteiger partial charge in [0, 0.05) is 0 Å². The summed E-state index contributed by atoms with van der Waals surface area (Å²) in [7, 11) is 0. The second-order valence-electron chi connectivity index (χ2n) is 21.8. The number of rotatable bonds is 49. The first-order chi connectivity index (χ1) is 32.6. The maximum absolute atomic E-state index is 5.84. The fraction of sp³-hybridized carbons (Fsp3) is 0.841. The van der Waals surface area contributed by atoms with Crippen molar-refractivity contribution >= 4 is 22.1 Å². The van der Waals surface area contributed by atoms with E-state index in [-0.39, 0.29) is 0 Å². The molecule has 66 heavy (non-hydrogen) atoms. The topological polar surface area (TPSA) is 25.8 Å². The minimum absolute atomic E-state index is 0.643. The van der Waals surface area contributed by atoms with Gasteiger partial charge < -0.3 is 0 Å². The van der Waals surface area contributed by atoms with Gasteiger partial charge in [0.05, 0.1) is 0 Å². The molecule has 0 aliphatic heterocycles. The molecule has 0 spiro atoms. The van der Waals surface area contributed by atoms with Crippen LogP contribution in [0.3, 0.4) is 0 Å². The summed E-state index contributed by atoms with van der Waals surface area (Å²) < 4.78 is 6.05. The van der Waals surface area contributed by atoms with Gasteiger partial charge in [-0.1, -0.05) is 136 Å². The molecule has 2 aromatic rings. The fourth-order valence-electron chi connectivity index (χ4n) is 11.0. The van der Waals surface area contributed by atoms with Crippen molar-refractivity contribution in [1.29, 1.82) is 0 Å². The van der Waals surface area contributed by atoms with E-state index >= 15 is 0 Å². The molecule has 0 saturated carbocycles. The third kappa shape index (κ3) is 30.0. The van der Waals surface area contributed by atoms with Gasteiger partial charge in [-0.15, -0.1) is 0 Å². The molecular formula is C63H116N2Sn. The Bertz CT molecular complexity index is 1290. The van der Waals surface area contributed by atoms with E-state index in [0.29, 0.717) is 5.92 Å². The molecule has 0 fully saturated rings. The van der Waals surface area contributed by atoms with E-state index in [9.17, 15) is 0 Å². The van der Waals surface area contributed by atoms with Crippen molar-refractivity contribution in [2.24, 2.45) is 0 Å². The van der Waals surface area contributed by atoms with Crippen LogP contribution in [0.25, 0.3) is 11.4 Å².